The lowest BCUT2D eigenvalue weighted by Crippen LogP contribution is -2.29. The van der Waals surface area contributed by atoms with Gasteiger partial charge in [-0.15, -0.1) is 11.6 Å². The minimum Gasteiger partial charge on any atom is -0.308 e. The van der Waals surface area contributed by atoms with Crippen molar-refractivity contribution < 1.29 is 4.79 Å². The molecule has 0 fully saturated rings. The van der Waals surface area contributed by atoms with E-state index in [-0.39, 0.29) is 11.7 Å². The zero-order valence-corrected chi connectivity index (χ0v) is 6.53. The molecule has 0 amide bonds. The van der Waals surface area contributed by atoms with Gasteiger partial charge in [0.05, 0.1) is 12.4 Å². The Labute approximate surface area is 60.6 Å². The van der Waals surface area contributed by atoms with E-state index in [2.05, 4.69) is 5.32 Å². The lowest BCUT2D eigenvalue weighted by Gasteiger charge is -2.04. The molecule has 54 valence electrons. The second kappa shape index (κ2) is 4.77. The van der Waals surface area contributed by atoms with Crippen LogP contribution in [0.25, 0.3) is 0 Å². The van der Waals surface area contributed by atoms with Crippen molar-refractivity contribution in [2.75, 3.05) is 12.4 Å². The largest absolute Gasteiger partial charge is 0.308 e. The summed E-state index contributed by atoms with van der Waals surface area (Å²) in [5.74, 6) is 0.157. The summed E-state index contributed by atoms with van der Waals surface area (Å²) in [7, 11) is 0. The zero-order valence-electron chi connectivity index (χ0n) is 5.78. The highest BCUT2D eigenvalue weighted by Gasteiger charge is 1.98. The summed E-state index contributed by atoms with van der Waals surface area (Å²) in [5.41, 5.74) is 0. The van der Waals surface area contributed by atoms with Gasteiger partial charge in [-0.25, -0.2) is 0 Å². The van der Waals surface area contributed by atoms with E-state index in [1.807, 2.05) is 13.8 Å². The lowest BCUT2D eigenvalue weighted by atomic mass is 10.3. The summed E-state index contributed by atoms with van der Waals surface area (Å²) >= 11 is 5.25. The molecule has 3 heteroatoms. The molecule has 0 atom stereocenters. The third kappa shape index (κ3) is 5.80. The summed E-state index contributed by atoms with van der Waals surface area (Å²) in [6, 6.07) is 0.358. The van der Waals surface area contributed by atoms with E-state index in [4.69, 9.17) is 11.6 Å². The molecule has 0 aromatic carbocycles. The first-order chi connectivity index (χ1) is 4.16. The van der Waals surface area contributed by atoms with E-state index in [0.29, 0.717) is 12.6 Å². The van der Waals surface area contributed by atoms with Gasteiger partial charge in [0.2, 0.25) is 0 Å². The number of nitrogens with one attached hydrogen (secondary N) is 1. The molecule has 0 unspecified atom stereocenters. The van der Waals surface area contributed by atoms with Gasteiger partial charge in [0.15, 0.2) is 5.78 Å². The van der Waals surface area contributed by atoms with Crippen LogP contribution in [0.1, 0.15) is 13.8 Å². The van der Waals surface area contributed by atoms with E-state index in [1.165, 1.54) is 0 Å². The number of hydrogen-bond acceptors (Lipinski definition) is 2. The average molecular weight is 150 g/mol. The Balaban J connectivity index is 3.17. The van der Waals surface area contributed by atoms with E-state index in [1.54, 1.807) is 0 Å². The van der Waals surface area contributed by atoms with Gasteiger partial charge in [-0.3, -0.25) is 4.79 Å². The fourth-order valence-electron chi connectivity index (χ4n) is 0.365. The van der Waals surface area contributed by atoms with Crippen LogP contribution in [0.3, 0.4) is 0 Å². The van der Waals surface area contributed by atoms with Gasteiger partial charge >= 0.3 is 0 Å². The normalized spacial score (nSPS) is 10.2. The van der Waals surface area contributed by atoms with Crippen LogP contribution < -0.4 is 5.32 Å². The lowest BCUT2D eigenvalue weighted by molar-refractivity contribution is -0.116. The maximum Gasteiger partial charge on any atom is 0.161 e. The topological polar surface area (TPSA) is 29.1 Å². The zero-order chi connectivity index (χ0) is 7.28. The Morgan fingerprint density at radius 1 is 1.67 bits per heavy atom. The molecule has 9 heavy (non-hydrogen) atoms. The standard InChI is InChI=1S/C6H12ClNO/c1-5(2)8-4-6(9)3-7/h5,8H,3-4H2,1-2H3. The predicted molar refractivity (Wildman–Crippen MR) is 38.9 cm³/mol. The highest BCUT2D eigenvalue weighted by Crippen LogP contribution is 1.79. The second-order valence-corrected chi connectivity index (χ2v) is 2.48. The number of carbonyl (C=O) groups excluding carboxylic acids is 1. The monoisotopic (exact) mass is 149 g/mol. The first-order valence-electron chi connectivity index (χ1n) is 2.98. The molecule has 0 aromatic heterocycles. The summed E-state index contributed by atoms with van der Waals surface area (Å²) < 4.78 is 0. The average Bonchev–Trinajstić information content (AvgIpc) is 1.83. The van der Waals surface area contributed by atoms with Gasteiger partial charge in [-0.2, -0.15) is 0 Å². The Bertz CT molecular complexity index is 93.1. The smallest absolute Gasteiger partial charge is 0.161 e. The first-order valence-corrected chi connectivity index (χ1v) is 3.51. The van der Waals surface area contributed by atoms with E-state index >= 15 is 0 Å². The summed E-state index contributed by atoms with van der Waals surface area (Å²) in [6.07, 6.45) is 0. The van der Waals surface area contributed by atoms with Crippen molar-refractivity contribution in [2.24, 2.45) is 0 Å². The first kappa shape index (κ1) is 8.92. The Morgan fingerprint density at radius 2 is 2.22 bits per heavy atom. The van der Waals surface area contributed by atoms with Gasteiger partial charge in [0.1, 0.15) is 0 Å². The third-order valence-electron chi connectivity index (χ3n) is 0.857. The number of hydrogen-bond donors (Lipinski definition) is 1. The fraction of sp³-hybridized carbons (Fsp3) is 0.833. The SMILES string of the molecule is CC(C)NCC(=O)CCl. The highest BCUT2D eigenvalue weighted by atomic mass is 35.5. The van der Waals surface area contributed by atoms with E-state index in [0.717, 1.165) is 0 Å². The molecule has 0 rings (SSSR count). The number of carbonyl (C=O) groups is 1. The van der Waals surface area contributed by atoms with Crippen molar-refractivity contribution in [1.29, 1.82) is 0 Å². The molecule has 0 aliphatic heterocycles. The van der Waals surface area contributed by atoms with Crippen molar-refractivity contribution in [3.63, 3.8) is 0 Å². The predicted octanol–water partition coefficient (Wildman–Crippen LogP) is 0.792. The van der Waals surface area contributed by atoms with E-state index in [9.17, 15) is 4.79 Å². The number of Topliss-reactive ketones (excluding diaryl/α,β-unsaturated/α-hetero) is 1. The maximum absolute atomic E-state index is 10.5. The number of halogens is 1. The molecule has 0 heterocycles. The molecular weight excluding hydrogens is 138 g/mol. The summed E-state index contributed by atoms with van der Waals surface area (Å²) in [5, 5.41) is 2.96. The van der Waals surface area contributed by atoms with Crippen LogP contribution in [-0.4, -0.2) is 24.2 Å². The van der Waals surface area contributed by atoms with Crippen LogP contribution >= 0.6 is 11.6 Å². The minimum absolute atomic E-state index is 0.0466. The van der Waals surface area contributed by atoms with Gasteiger partial charge < -0.3 is 5.32 Å². The Hall–Kier alpha value is -0.0800. The minimum atomic E-state index is 0.0466. The molecule has 1 N–H and O–H groups in total. The third-order valence-corrected chi connectivity index (χ3v) is 1.15. The number of ketones is 1. The van der Waals surface area contributed by atoms with Gasteiger partial charge in [-0.05, 0) is 0 Å². The second-order valence-electron chi connectivity index (χ2n) is 2.21. The van der Waals surface area contributed by atoms with Crippen molar-refractivity contribution in [1.82, 2.24) is 5.32 Å². The van der Waals surface area contributed by atoms with Crippen LogP contribution in [0.5, 0.6) is 0 Å². The van der Waals surface area contributed by atoms with Gasteiger partial charge in [-0.1, -0.05) is 13.8 Å². The van der Waals surface area contributed by atoms with Gasteiger partial charge in [0, 0.05) is 6.04 Å². The molecule has 0 saturated carbocycles. The Kier molecular flexibility index (Phi) is 4.72. The van der Waals surface area contributed by atoms with Gasteiger partial charge in [0.25, 0.3) is 0 Å². The van der Waals surface area contributed by atoms with E-state index < -0.39 is 0 Å². The van der Waals surface area contributed by atoms with Crippen LogP contribution in [0.15, 0.2) is 0 Å². The van der Waals surface area contributed by atoms with Crippen molar-refractivity contribution in [3.8, 4) is 0 Å². The molecule has 0 bridgehead atoms. The van der Waals surface area contributed by atoms with Crippen LogP contribution in [0.2, 0.25) is 0 Å². The number of alkyl halides is 1. The highest BCUT2D eigenvalue weighted by molar-refractivity contribution is 6.27. The molecule has 0 aromatic rings. The van der Waals surface area contributed by atoms with Crippen molar-refractivity contribution in [2.45, 2.75) is 19.9 Å². The van der Waals surface area contributed by atoms with Crippen molar-refractivity contribution >= 4 is 17.4 Å². The Morgan fingerprint density at radius 3 is 2.56 bits per heavy atom. The molecule has 0 aliphatic carbocycles. The summed E-state index contributed by atoms with van der Waals surface area (Å²) in [4.78, 5) is 10.5. The molecule has 0 radical (unpaired) electrons. The maximum atomic E-state index is 10.5. The van der Waals surface area contributed by atoms with Crippen molar-refractivity contribution in [3.05, 3.63) is 0 Å². The van der Waals surface area contributed by atoms with Crippen LogP contribution in [0.4, 0.5) is 0 Å². The van der Waals surface area contributed by atoms with Crippen LogP contribution in [-0.2, 0) is 4.79 Å². The summed E-state index contributed by atoms with van der Waals surface area (Å²) in [6.45, 7) is 4.37. The molecule has 0 aliphatic rings. The molecule has 0 spiro atoms. The quantitative estimate of drug-likeness (QED) is 0.599. The molecule has 2 nitrogen and oxygen atoms in total. The van der Waals surface area contributed by atoms with Crippen LogP contribution in [0, 0.1) is 0 Å². The molecular formula is C6H12ClNO. The number of rotatable bonds is 4. The molecule has 0 saturated heterocycles. The fourth-order valence-corrected chi connectivity index (χ4v) is 0.460.